The van der Waals surface area contributed by atoms with Crippen molar-refractivity contribution in [3.63, 3.8) is 0 Å². The summed E-state index contributed by atoms with van der Waals surface area (Å²) in [5, 5.41) is 6.72. The number of rotatable bonds is 5. The topological polar surface area (TPSA) is 42.6 Å². The summed E-state index contributed by atoms with van der Waals surface area (Å²) in [5.74, 6) is 0.748. The summed E-state index contributed by atoms with van der Waals surface area (Å²) in [4.78, 5) is 10.6. The van der Waals surface area contributed by atoms with Gasteiger partial charge in [-0.05, 0) is 31.5 Å². The quantitative estimate of drug-likeness (QED) is 0.438. The number of hydroxylamine groups is 1. The summed E-state index contributed by atoms with van der Waals surface area (Å²) < 4.78 is 2.11. The Morgan fingerprint density at radius 1 is 0.774 bits per heavy atom. The summed E-state index contributed by atoms with van der Waals surface area (Å²) >= 11 is 0. The smallest absolute Gasteiger partial charge is 0.157 e. The Morgan fingerprint density at radius 2 is 1.45 bits per heavy atom. The Hall–Kier alpha value is -3.86. The van der Waals surface area contributed by atoms with E-state index in [4.69, 9.17) is 9.94 Å². The van der Waals surface area contributed by atoms with Gasteiger partial charge in [0, 0.05) is 18.0 Å². The molecule has 0 N–H and O–H groups in total. The highest BCUT2D eigenvalue weighted by atomic mass is 16.7. The molecule has 2 unspecified atom stereocenters. The fourth-order valence-electron chi connectivity index (χ4n) is 3.93. The van der Waals surface area contributed by atoms with Crippen LogP contribution in [0.5, 0.6) is 5.75 Å². The standard InChI is InChI=1S/C26H24N4O/c1-19-8-12-21(13-9-19)24-26(29-17-16-27-18-29)25(22-14-10-20(2)11-15-22)30(28-24)31-23-6-4-3-5-7-23/h3-18,25-26H,1-2H3. The first-order chi connectivity index (χ1) is 15.2. The summed E-state index contributed by atoms with van der Waals surface area (Å²) in [6, 6.07) is 26.6. The second-order valence-corrected chi connectivity index (χ2v) is 7.87. The van der Waals surface area contributed by atoms with E-state index in [0.717, 1.165) is 22.6 Å². The summed E-state index contributed by atoms with van der Waals surface area (Å²) in [6.45, 7) is 4.19. The van der Waals surface area contributed by atoms with E-state index in [1.165, 1.54) is 11.1 Å². The monoisotopic (exact) mass is 408 g/mol. The lowest BCUT2D eigenvalue weighted by molar-refractivity contribution is -0.0923. The Labute approximate surface area is 182 Å². The number of aromatic nitrogens is 2. The molecule has 0 bridgehead atoms. The number of imidazole rings is 1. The van der Waals surface area contributed by atoms with Gasteiger partial charge in [0.15, 0.2) is 5.75 Å². The van der Waals surface area contributed by atoms with Crippen molar-refractivity contribution in [3.8, 4) is 5.75 Å². The average molecular weight is 409 g/mol. The van der Waals surface area contributed by atoms with Crippen molar-refractivity contribution in [3.05, 3.63) is 120 Å². The van der Waals surface area contributed by atoms with Gasteiger partial charge in [-0.25, -0.2) is 4.98 Å². The third-order valence-electron chi connectivity index (χ3n) is 5.58. The van der Waals surface area contributed by atoms with E-state index in [9.17, 15) is 0 Å². The first kappa shape index (κ1) is 19.1. The molecule has 0 fully saturated rings. The van der Waals surface area contributed by atoms with Crippen molar-refractivity contribution in [2.45, 2.75) is 25.9 Å². The SMILES string of the molecule is Cc1ccc(C2=NN(Oc3ccccc3)C(c3ccc(C)cc3)C2n2ccnc2)cc1. The van der Waals surface area contributed by atoms with Crippen LogP contribution in [0.15, 0.2) is 103 Å². The third kappa shape index (κ3) is 3.82. The number of para-hydroxylation sites is 1. The molecule has 1 aliphatic rings. The van der Waals surface area contributed by atoms with Crippen LogP contribution in [-0.4, -0.2) is 20.4 Å². The van der Waals surface area contributed by atoms with Crippen LogP contribution >= 0.6 is 0 Å². The molecule has 2 heterocycles. The Balaban J connectivity index is 1.63. The van der Waals surface area contributed by atoms with Crippen molar-refractivity contribution < 1.29 is 4.84 Å². The molecule has 1 aliphatic heterocycles. The molecule has 31 heavy (non-hydrogen) atoms. The van der Waals surface area contributed by atoms with Crippen LogP contribution in [0.2, 0.25) is 0 Å². The molecule has 0 spiro atoms. The Kier molecular flexibility index (Phi) is 5.00. The maximum absolute atomic E-state index is 6.29. The van der Waals surface area contributed by atoms with E-state index in [1.54, 1.807) is 11.4 Å². The normalized spacial score (nSPS) is 18.1. The van der Waals surface area contributed by atoms with Crippen molar-refractivity contribution in [2.75, 3.05) is 0 Å². The van der Waals surface area contributed by atoms with Gasteiger partial charge < -0.3 is 9.40 Å². The molecular weight excluding hydrogens is 384 g/mol. The van der Waals surface area contributed by atoms with Crippen LogP contribution in [0.4, 0.5) is 0 Å². The summed E-state index contributed by atoms with van der Waals surface area (Å²) in [5.41, 5.74) is 5.58. The van der Waals surface area contributed by atoms with Gasteiger partial charge in [0.25, 0.3) is 0 Å². The van der Waals surface area contributed by atoms with Crippen molar-refractivity contribution in [1.29, 1.82) is 0 Å². The number of hydrazone groups is 1. The lowest BCUT2D eigenvalue weighted by atomic mass is 9.92. The largest absolute Gasteiger partial charge is 0.362 e. The van der Waals surface area contributed by atoms with E-state index in [-0.39, 0.29) is 12.1 Å². The predicted molar refractivity (Wildman–Crippen MR) is 122 cm³/mol. The van der Waals surface area contributed by atoms with Gasteiger partial charge in [-0.15, -0.1) is 10.3 Å². The fraction of sp³-hybridized carbons (Fsp3) is 0.154. The first-order valence-electron chi connectivity index (χ1n) is 10.4. The highest BCUT2D eigenvalue weighted by molar-refractivity contribution is 6.04. The van der Waals surface area contributed by atoms with Gasteiger partial charge in [0.2, 0.25) is 0 Å². The second-order valence-electron chi connectivity index (χ2n) is 7.87. The Morgan fingerprint density at radius 3 is 2.10 bits per heavy atom. The maximum atomic E-state index is 6.29. The van der Waals surface area contributed by atoms with Gasteiger partial charge in [0.1, 0.15) is 12.1 Å². The van der Waals surface area contributed by atoms with E-state index in [1.807, 2.05) is 42.9 Å². The lowest BCUT2D eigenvalue weighted by Crippen LogP contribution is -2.30. The molecule has 154 valence electrons. The van der Waals surface area contributed by atoms with Gasteiger partial charge in [0.05, 0.1) is 12.0 Å². The van der Waals surface area contributed by atoms with Gasteiger partial charge >= 0.3 is 0 Å². The van der Waals surface area contributed by atoms with Gasteiger partial charge in [-0.1, -0.05) is 77.9 Å². The molecule has 0 saturated heterocycles. The molecular formula is C26H24N4O. The highest BCUT2D eigenvalue weighted by Gasteiger charge is 2.42. The minimum atomic E-state index is -0.147. The molecule has 5 heteroatoms. The number of nitrogens with zero attached hydrogens (tertiary/aromatic N) is 4. The predicted octanol–water partition coefficient (Wildman–Crippen LogP) is 5.50. The fourth-order valence-corrected chi connectivity index (χ4v) is 3.93. The molecule has 0 aliphatic carbocycles. The van der Waals surface area contributed by atoms with Gasteiger partial charge in [-0.3, -0.25) is 0 Å². The number of aryl methyl sites for hydroxylation is 2. The minimum absolute atomic E-state index is 0.0865. The zero-order valence-electron chi connectivity index (χ0n) is 17.6. The Bertz CT molecular complexity index is 1170. The molecule has 5 nitrogen and oxygen atoms in total. The molecule has 0 radical (unpaired) electrons. The minimum Gasteiger partial charge on any atom is -0.362 e. The van der Waals surface area contributed by atoms with E-state index < -0.39 is 0 Å². The number of benzene rings is 3. The number of hydrogen-bond donors (Lipinski definition) is 0. The van der Waals surface area contributed by atoms with Crippen LogP contribution in [0, 0.1) is 13.8 Å². The van der Waals surface area contributed by atoms with Crippen LogP contribution in [0.25, 0.3) is 0 Å². The molecule has 0 amide bonds. The molecule has 0 saturated carbocycles. The lowest BCUT2D eigenvalue weighted by Gasteiger charge is -2.28. The number of hydrogen-bond acceptors (Lipinski definition) is 4. The van der Waals surface area contributed by atoms with E-state index in [2.05, 4.69) is 71.9 Å². The van der Waals surface area contributed by atoms with E-state index >= 15 is 0 Å². The molecule has 4 aromatic rings. The second kappa shape index (κ2) is 8.11. The van der Waals surface area contributed by atoms with Crippen molar-refractivity contribution >= 4 is 5.71 Å². The first-order valence-corrected chi connectivity index (χ1v) is 10.4. The van der Waals surface area contributed by atoms with Gasteiger partial charge in [-0.2, -0.15) is 0 Å². The maximum Gasteiger partial charge on any atom is 0.157 e. The van der Waals surface area contributed by atoms with Crippen LogP contribution in [0.1, 0.15) is 34.3 Å². The average Bonchev–Trinajstić information content (AvgIpc) is 3.44. The molecule has 3 aromatic carbocycles. The molecule has 5 rings (SSSR count). The van der Waals surface area contributed by atoms with E-state index in [0.29, 0.717) is 0 Å². The summed E-state index contributed by atoms with van der Waals surface area (Å²) in [7, 11) is 0. The van der Waals surface area contributed by atoms with Crippen LogP contribution < -0.4 is 4.84 Å². The zero-order valence-corrected chi connectivity index (χ0v) is 17.6. The third-order valence-corrected chi connectivity index (χ3v) is 5.58. The molecule has 1 aromatic heterocycles. The van der Waals surface area contributed by atoms with Crippen molar-refractivity contribution in [2.24, 2.45) is 5.10 Å². The van der Waals surface area contributed by atoms with Crippen molar-refractivity contribution in [1.82, 2.24) is 14.7 Å². The highest BCUT2D eigenvalue weighted by Crippen LogP contribution is 2.41. The molecule has 2 atom stereocenters. The summed E-state index contributed by atoms with van der Waals surface area (Å²) in [6.07, 6.45) is 5.64. The van der Waals surface area contributed by atoms with Crippen LogP contribution in [-0.2, 0) is 0 Å². The zero-order chi connectivity index (χ0) is 21.2. The van der Waals surface area contributed by atoms with Crippen LogP contribution in [0.3, 0.4) is 0 Å².